The van der Waals surface area contributed by atoms with Gasteiger partial charge in [-0.15, -0.1) is 0 Å². The van der Waals surface area contributed by atoms with Crippen molar-refractivity contribution in [1.29, 1.82) is 0 Å². The molecule has 4 nitrogen and oxygen atoms in total. The van der Waals surface area contributed by atoms with E-state index in [0.717, 1.165) is 23.8 Å². The van der Waals surface area contributed by atoms with Gasteiger partial charge in [0.05, 0.1) is 24.3 Å². The highest BCUT2D eigenvalue weighted by Crippen LogP contribution is 2.48. The lowest BCUT2D eigenvalue weighted by molar-refractivity contribution is -0.163. The van der Waals surface area contributed by atoms with Gasteiger partial charge in [0.25, 0.3) is 0 Å². The van der Waals surface area contributed by atoms with Crippen molar-refractivity contribution in [3.63, 3.8) is 0 Å². The summed E-state index contributed by atoms with van der Waals surface area (Å²) in [6.07, 6.45) is -8.67. The standard InChI is InChI=1S/C28H23F6NO3S/c29-27(30,31)25-22(23(36)11-12-35-13-15-37-16-14-35)9-10-24(26(25)28(32,33)34)39-21-8-4-7-20(17-21)38-18-19-5-2-1-3-6-19/h1-12,17H,13-16,18H2. The molecule has 0 spiro atoms. The van der Waals surface area contributed by atoms with Crippen molar-refractivity contribution in [3.8, 4) is 5.75 Å². The van der Waals surface area contributed by atoms with Gasteiger partial charge < -0.3 is 14.4 Å². The van der Waals surface area contributed by atoms with E-state index in [-0.39, 0.29) is 11.5 Å². The average molecular weight is 568 g/mol. The highest BCUT2D eigenvalue weighted by Gasteiger charge is 2.47. The first kappa shape index (κ1) is 28.6. The Morgan fingerprint density at radius 2 is 1.59 bits per heavy atom. The fraction of sp³-hybridized carbons (Fsp3) is 0.250. The van der Waals surface area contributed by atoms with E-state index in [4.69, 9.17) is 9.47 Å². The molecule has 1 saturated heterocycles. The van der Waals surface area contributed by atoms with Crippen LogP contribution >= 0.6 is 11.8 Å². The topological polar surface area (TPSA) is 38.8 Å². The largest absolute Gasteiger partial charge is 0.489 e. The summed E-state index contributed by atoms with van der Waals surface area (Å²) in [6.45, 7) is 1.76. The van der Waals surface area contributed by atoms with Crippen LogP contribution in [0.15, 0.2) is 88.8 Å². The van der Waals surface area contributed by atoms with Gasteiger partial charge in [0, 0.05) is 40.7 Å². The van der Waals surface area contributed by atoms with Crippen molar-refractivity contribution in [1.82, 2.24) is 4.90 Å². The normalized spacial score (nSPS) is 14.6. The quantitative estimate of drug-likeness (QED) is 0.160. The van der Waals surface area contributed by atoms with Crippen LogP contribution in [-0.4, -0.2) is 37.0 Å². The number of ketones is 1. The third-order valence-corrected chi connectivity index (χ3v) is 6.81. The van der Waals surface area contributed by atoms with Crippen LogP contribution in [0, 0.1) is 0 Å². The van der Waals surface area contributed by atoms with E-state index < -0.39 is 39.7 Å². The van der Waals surface area contributed by atoms with Crippen molar-refractivity contribution in [2.45, 2.75) is 28.8 Å². The second-order valence-corrected chi connectivity index (χ2v) is 9.65. The van der Waals surface area contributed by atoms with Crippen LogP contribution in [0.4, 0.5) is 26.3 Å². The molecule has 4 rings (SSSR count). The fourth-order valence-electron chi connectivity index (χ4n) is 3.93. The molecule has 1 aliphatic heterocycles. The Hall–Kier alpha value is -3.44. The molecule has 0 saturated carbocycles. The SMILES string of the molecule is O=C(C=CN1CCOCC1)c1ccc(Sc2cccc(OCc3ccccc3)c2)c(C(F)(F)F)c1C(F)(F)F. The molecule has 0 unspecified atom stereocenters. The number of morpholine rings is 1. The number of allylic oxidation sites excluding steroid dienone is 1. The number of rotatable bonds is 8. The molecule has 0 atom stereocenters. The second kappa shape index (κ2) is 12.2. The predicted octanol–water partition coefficient (Wildman–Crippen LogP) is 7.48. The van der Waals surface area contributed by atoms with E-state index in [1.165, 1.54) is 24.4 Å². The van der Waals surface area contributed by atoms with Crippen molar-refractivity contribution in [2.75, 3.05) is 26.3 Å². The minimum absolute atomic E-state index is 0.204. The molecule has 0 bridgehead atoms. The minimum Gasteiger partial charge on any atom is -0.489 e. The van der Waals surface area contributed by atoms with Crippen molar-refractivity contribution in [2.24, 2.45) is 0 Å². The highest BCUT2D eigenvalue weighted by molar-refractivity contribution is 7.99. The van der Waals surface area contributed by atoms with Crippen LogP contribution < -0.4 is 4.74 Å². The maximum absolute atomic E-state index is 14.2. The van der Waals surface area contributed by atoms with Crippen LogP contribution in [0.5, 0.6) is 5.75 Å². The second-order valence-electron chi connectivity index (χ2n) is 8.54. The molecule has 0 aliphatic carbocycles. The zero-order valence-corrected chi connectivity index (χ0v) is 21.2. The van der Waals surface area contributed by atoms with Gasteiger partial charge in [-0.25, -0.2) is 0 Å². The molecule has 3 aromatic rings. The molecule has 3 aromatic carbocycles. The molecule has 11 heteroatoms. The molecule has 0 amide bonds. The van der Waals surface area contributed by atoms with Crippen LogP contribution in [-0.2, 0) is 23.7 Å². The predicted molar refractivity (Wildman–Crippen MR) is 134 cm³/mol. The zero-order valence-electron chi connectivity index (χ0n) is 20.4. The summed E-state index contributed by atoms with van der Waals surface area (Å²) in [5.74, 6) is -0.833. The van der Waals surface area contributed by atoms with Gasteiger partial charge in [-0.3, -0.25) is 4.79 Å². The molecular formula is C28H23F6NO3S. The average Bonchev–Trinajstić information content (AvgIpc) is 2.90. The molecule has 0 N–H and O–H groups in total. The van der Waals surface area contributed by atoms with Crippen molar-refractivity contribution in [3.05, 3.63) is 101 Å². The van der Waals surface area contributed by atoms with Crippen LogP contribution in [0.25, 0.3) is 0 Å². The van der Waals surface area contributed by atoms with Gasteiger partial charge in [-0.05, 0) is 35.9 Å². The van der Waals surface area contributed by atoms with E-state index in [0.29, 0.717) is 43.8 Å². The molecular weight excluding hydrogens is 544 g/mol. The Bertz CT molecular complexity index is 1320. The number of benzene rings is 3. The Kier molecular flexibility index (Phi) is 8.91. The maximum Gasteiger partial charge on any atom is 0.418 e. The lowest BCUT2D eigenvalue weighted by atomic mass is 9.96. The summed E-state index contributed by atoms with van der Waals surface area (Å²) in [6, 6.07) is 16.9. The summed E-state index contributed by atoms with van der Waals surface area (Å²) < 4.78 is 95.7. The third-order valence-electron chi connectivity index (χ3n) is 5.76. The summed E-state index contributed by atoms with van der Waals surface area (Å²) in [5, 5.41) is 0. The number of carbonyl (C=O) groups excluding carboxylic acids is 1. The highest BCUT2D eigenvalue weighted by atomic mass is 32.2. The van der Waals surface area contributed by atoms with Crippen molar-refractivity contribution < 1.29 is 40.6 Å². The maximum atomic E-state index is 14.2. The van der Waals surface area contributed by atoms with Crippen LogP contribution in [0.3, 0.4) is 0 Å². The van der Waals surface area contributed by atoms with Crippen LogP contribution in [0.2, 0.25) is 0 Å². The number of halogens is 6. The number of hydrogen-bond donors (Lipinski definition) is 0. The molecule has 1 heterocycles. The third kappa shape index (κ3) is 7.57. The first-order chi connectivity index (χ1) is 18.5. The molecule has 0 aromatic heterocycles. The molecule has 39 heavy (non-hydrogen) atoms. The zero-order chi connectivity index (χ0) is 28.0. The number of hydrogen-bond acceptors (Lipinski definition) is 5. The Morgan fingerprint density at radius 1 is 0.897 bits per heavy atom. The van der Waals surface area contributed by atoms with E-state index in [2.05, 4.69) is 0 Å². The Labute approximate surface area is 225 Å². The smallest absolute Gasteiger partial charge is 0.418 e. The van der Waals surface area contributed by atoms with E-state index >= 15 is 0 Å². The monoisotopic (exact) mass is 567 g/mol. The van der Waals surface area contributed by atoms with Gasteiger partial charge >= 0.3 is 12.4 Å². The summed E-state index contributed by atoms with van der Waals surface area (Å²) in [7, 11) is 0. The number of alkyl halides is 6. The summed E-state index contributed by atoms with van der Waals surface area (Å²) in [5.41, 5.74) is -4.11. The van der Waals surface area contributed by atoms with Gasteiger partial charge in [-0.1, -0.05) is 48.2 Å². The molecule has 1 aliphatic rings. The van der Waals surface area contributed by atoms with Gasteiger partial charge in [0.1, 0.15) is 12.4 Å². The Morgan fingerprint density at radius 3 is 2.26 bits per heavy atom. The molecule has 0 radical (unpaired) electrons. The first-order valence-corrected chi connectivity index (χ1v) is 12.6. The van der Waals surface area contributed by atoms with E-state index in [1.54, 1.807) is 11.0 Å². The first-order valence-electron chi connectivity index (χ1n) is 11.8. The molecule has 206 valence electrons. The minimum atomic E-state index is -5.43. The summed E-state index contributed by atoms with van der Waals surface area (Å²) >= 11 is 0.512. The van der Waals surface area contributed by atoms with E-state index in [9.17, 15) is 31.1 Å². The number of ether oxygens (including phenoxy) is 2. The van der Waals surface area contributed by atoms with Crippen molar-refractivity contribution >= 4 is 17.5 Å². The number of carbonyl (C=O) groups is 1. The van der Waals surface area contributed by atoms with Crippen LogP contribution in [0.1, 0.15) is 27.0 Å². The number of nitrogens with zero attached hydrogens (tertiary/aromatic N) is 1. The fourth-order valence-corrected chi connectivity index (χ4v) is 4.97. The van der Waals surface area contributed by atoms with Gasteiger partial charge in [0.2, 0.25) is 0 Å². The van der Waals surface area contributed by atoms with Gasteiger partial charge in [0.15, 0.2) is 5.78 Å². The lowest BCUT2D eigenvalue weighted by Crippen LogP contribution is -2.32. The van der Waals surface area contributed by atoms with Gasteiger partial charge in [-0.2, -0.15) is 26.3 Å². The lowest BCUT2D eigenvalue weighted by Gasteiger charge is -2.25. The van der Waals surface area contributed by atoms with E-state index in [1.807, 2.05) is 30.3 Å². The molecule has 1 fully saturated rings. The Balaban J connectivity index is 1.66. The summed E-state index contributed by atoms with van der Waals surface area (Å²) in [4.78, 5) is 13.9.